The van der Waals surface area contributed by atoms with Crippen LogP contribution >= 0.6 is 22.1 Å². The SMILES string of the molecule is Oc1ccc(C(CCCCCCCCCCCCCCCP(Br)c2ccccc2)c2ccc(O)cc2)cc1. The van der Waals surface area contributed by atoms with Crippen molar-refractivity contribution in [2.45, 2.75) is 95.8 Å². The molecule has 0 spiro atoms. The van der Waals surface area contributed by atoms with Crippen LogP contribution in [-0.4, -0.2) is 16.4 Å². The molecular formula is C34H46BrO2P. The number of rotatable bonds is 19. The Balaban J connectivity index is 1.17. The van der Waals surface area contributed by atoms with Crippen LogP contribution in [0.4, 0.5) is 0 Å². The minimum absolute atomic E-state index is 0.148. The Labute approximate surface area is 240 Å². The molecule has 0 radical (unpaired) electrons. The normalized spacial score (nSPS) is 12.2. The van der Waals surface area contributed by atoms with Crippen LogP contribution in [0, 0.1) is 0 Å². The highest BCUT2D eigenvalue weighted by atomic mass is 79.9. The molecule has 0 fully saturated rings. The summed E-state index contributed by atoms with van der Waals surface area (Å²) in [7, 11) is 0. The molecule has 0 saturated heterocycles. The lowest BCUT2D eigenvalue weighted by Crippen LogP contribution is -2.01. The molecule has 0 bridgehead atoms. The van der Waals surface area contributed by atoms with Gasteiger partial charge in [0, 0.05) is 5.92 Å². The number of hydrogen-bond acceptors (Lipinski definition) is 2. The molecule has 2 N–H and O–H groups in total. The summed E-state index contributed by atoms with van der Waals surface area (Å²) in [5.74, 6) is 0.921. The molecule has 0 saturated carbocycles. The standard InChI is InChI=1S/C34H46BrO2P/c35-38(33-17-13-12-14-18-33)28-16-11-9-7-5-3-1-2-4-6-8-10-15-19-34(29-20-24-31(36)25-21-29)30-22-26-32(37)27-23-30/h12-14,17-18,20-27,34,36-37H,1-11,15-16,19,28H2. The first kappa shape index (κ1) is 30.7. The molecule has 0 heterocycles. The average molecular weight is 598 g/mol. The van der Waals surface area contributed by atoms with Crippen LogP contribution in [-0.2, 0) is 0 Å². The molecule has 0 aromatic heterocycles. The summed E-state index contributed by atoms with van der Waals surface area (Å²) in [6, 6.07) is 26.1. The van der Waals surface area contributed by atoms with Gasteiger partial charge in [-0.3, -0.25) is 0 Å². The van der Waals surface area contributed by atoms with Gasteiger partial charge in [-0.05, 0) is 66.3 Å². The van der Waals surface area contributed by atoms with Crippen LogP contribution < -0.4 is 5.30 Å². The van der Waals surface area contributed by atoms with E-state index in [2.05, 4.69) is 45.8 Å². The zero-order valence-corrected chi connectivity index (χ0v) is 25.4. The average Bonchev–Trinajstić information content (AvgIpc) is 2.94. The van der Waals surface area contributed by atoms with Crippen LogP contribution in [0.25, 0.3) is 0 Å². The van der Waals surface area contributed by atoms with Crippen LogP contribution in [0.1, 0.15) is 107 Å². The van der Waals surface area contributed by atoms with E-state index in [4.69, 9.17) is 0 Å². The highest BCUT2D eigenvalue weighted by Gasteiger charge is 2.14. The second-order valence-electron chi connectivity index (χ2n) is 10.5. The van der Waals surface area contributed by atoms with Crippen molar-refractivity contribution < 1.29 is 10.2 Å². The van der Waals surface area contributed by atoms with Gasteiger partial charge in [0.2, 0.25) is 0 Å². The maximum atomic E-state index is 9.67. The fraction of sp³-hybridized carbons (Fsp3) is 0.471. The zero-order valence-electron chi connectivity index (χ0n) is 22.9. The molecule has 0 amide bonds. The molecule has 3 aromatic carbocycles. The van der Waals surface area contributed by atoms with Crippen molar-refractivity contribution in [1.82, 2.24) is 0 Å². The van der Waals surface area contributed by atoms with E-state index >= 15 is 0 Å². The summed E-state index contributed by atoms with van der Waals surface area (Å²) in [5.41, 5.74) is 2.46. The maximum Gasteiger partial charge on any atom is 0.115 e. The molecular weight excluding hydrogens is 551 g/mol. The lowest BCUT2D eigenvalue weighted by atomic mass is 9.86. The summed E-state index contributed by atoms with van der Waals surface area (Å²) in [5, 5.41) is 20.8. The second kappa shape index (κ2) is 18.5. The summed E-state index contributed by atoms with van der Waals surface area (Å²) >= 11 is 3.90. The molecule has 38 heavy (non-hydrogen) atoms. The topological polar surface area (TPSA) is 40.5 Å². The third-order valence-corrected chi connectivity index (χ3v) is 11.3. The van der Waals surface area contributed by atoms with Gasteiger partial charge in [0.15, 0.2) is 0 Å². The van der Waals surface area contributed by atoms with Crippen molar-refractivity contribution in [1.29, 1.82) is 0 Å². The van der Waals surface area contributed by atoms with E-state index < -0.39 is 0 Å². The third kappa shape index (κ3) is 11.9. The molecule has 1 atom stereocenters. The number of unbranched alkanes of at least 4 members (excludes halogenated alkanes) is 12. The molecule has 0 aliphatic heterocycles. The van der Waals surface area contributed by atoms with E-state index in [9.17, 15) is 10.2 Å². The Morgan fingerprint density at radius 2 is 0.895 bits per heavy atom. The van der Waals surface area contributed by atoms with Gasteiger partial charge in [-0.15, -0.1) is 0 Å². The van der Waals surface area contributed by atoms with Crippen LogP contribution in [0.5, 0.6) is 11.5 Å². The first-order valence-electron chi connectivity index (χ1n) is 14.7. The van der Waals surface area contributed by atoms with Crippen molar-refractivity contribution >= 4 is 27.4 Å². The lowest BCUT2D eigenvalue weighted by molar-refractivity contribution is 0.474. The van der Waals surface area contributed by atoms with E-state index in [1.807, 2.05) is 24.3 Å². The Morgan fingerprint density at radius 1 is 0.500 bits per heavy atom. The fourth-order valence-electron chi connectivity index (χ4n) is 5.20. The maximum absolute atomic E-state index is 9.67. The van der Waals surface area contributed by atoms with Crippen LogP contribution in [0.3, 0.4) is 0 Å². The minimum atomic E-state index is -0.148. The predicted molar refractivity (Wildman–Crippen MR) is 169 cm³/mol. The van der Waals surface area contributed by atoms with Crippen molar-refractivity contribution in [3.05, 3.63) is 90.0 Å². The van der Waals surface area contributed by atoms with Gasteiger partial charge in [-0.25, -0.2) is 0 Å². The van der Waals surface area contributed by atoms with E-state index in [0.717, 1.165) is 6.42 Å². The lowest BCUT2D eigenvalue weighted by Gasteiger charge is -2.18. The molecule has 3 aromatic rings. The van der Waals surface area contributed by atoms with Gasteiger partial charge in [-0.1, -0.05) is 147 Å². The largest absolute Gasteiger partial charge is 0.508 e. The van der Waals surface area contributed by atoms with E-state index in [0.29, 0.717) is 17.4 Å². The summed E-state index contributed by atoms with van der Waals surface area (Å²) in [6.07, 6.45) is 20.0. The van der Waals surface area contributed by atoms with Gasteiger partial charge < -0.3 is 10.2 Å². The zero-order chi connectivity index (χ0) is 26.8. The number of benzene rings is 3. The van der Waals surface area contributed by atoms with Gasteiger partial charge in [0.1, 0.15) is 11.5 Å². The van der Waals surface area contributed by atoms with E-state index in [1.54, 1.807) is 24.3 Å². The highest BCUT2D eigenvalue weighted by Crippen LogP contribution is 2.43. The molecule has 4 heteroatoms. The fourth-order valence-corrected chi connectivity index (χ4v) is 7.92. The van der Waals surface area contributed by atoms with Crippen molar-refractivity contribution in [3.8, 4) is 11.5 Å². The second-order valence-corrected chi connectivity index (χ2v) is 14.8. The molecule has 1 unspecified atom stereocenters. The molecule has 0 aliphatic carbocycles. The molecule has 2 nitrogen and oxygen atoms in total. The first-order chi connectivity index (χ1) is 18.6. The van der Waals surface area contributed by atoms with Crippen LogP contribution in [0.15, 0.2) is 78.9 Å². The van der Waals surface area contributed by atoms with Crippen molar-refractivity contribution in [2.75, 3.05) is 6.16 Å². The number of halogens is 1. The third-order valence-electron chi connectivity index (χ3n) is 7.47. The Kier molecular flexibility index (Phi) is 14.9. The summed E-state index contributed by atoms with van der Waals surface area (Å²) in [4.78, 5) is 0. The number of hydrogen-bond donors (Lipinski definition) is 2. The molecule has 3 rings (SSSR count). The van der Waals surface area contributed by atoms with Crippen molar-refractivity contribution in [3.63, 3.8) is 0 Å². The van der Waals surface area contributed by atoms with Gasteiger partial charge in [-0.2, -0.15) is 0 Å². The monoisotopic (exact) mass is 596 g/mol. The Morgan fingerprint density at radius 3 is 1.34 bits per heavy atom. The first-order valence-corrected chi connectivity index (χ1v) is 18.2. The van der Waals surface area contributed by atoms with Crippen molar-refractivity contribution in [2.24, 2.45) is 0 Å². The number of phenolic OH excluding ortho intramolecular Hbond substituents is 2. The number of phenols is 2. The molecule has 0 aliphatic rings. The predicted octanol–water partition coefficient (Wildman–Crippen LogP) is 10.8. The van der Waals surface area contributed by atoms with Gasteiger partial charge in [0.25, 0.3) is 0 Å². The summed E-state index contributed by atoms with van der Waals surface area (Å²) in [6.45, 7) is -0.148. The Hall–Kier alpha value is -1.83. The van der Waals surface area contributed by atoms with E-state index in [-0.39, 0.29) is 6.62 Å². The van der Waals surface area contributed by atoms with E-state index in [1.165, 1.54) is 106 Å². The minimum Gasteiger partial charge on any atom is -0.508 e. The van der Waals surface area contributed by atoms with Gasteiger partial charge >= 0.3 is 0 Å². The quantitative estimate of drug-likeness (QED) is 0.107. The van der Waals surface area contributed by atoms with Gasteiger partial charge in [0.05, 0.1) is 0 Å². The highest BCUT2D eigenvalue weighted by molar-refractivity contribution is 9.40. The smallest absolute Gasteiger partial charge is 0.115 e. The number of aromatic hydroxyl groups is 2. The summed E-state index contributed by atoms with van der Waals surface area (Å²) < 4.78 is 0. The molecule has 206 valence electrons. The Bertz CT molecular complexity index is 946. The van der Waals surface area contributed by atoms with Crippen LogP contribution in [0.2, 0.25) is 0 Å².